The van der Waals surface area contributed by atoms with Crippen molar-refractivity contribution in [2.75, 3.05) is 7.11 Å². The molecule has 0 atom stereocenters. The van der Waals surface area contributed by atoms with Gasteiger partial charge in [-0.1, -0.05) is 0 Å². The lowest BCUT2D eigenvalue weighted by atomic mass is 9.87. The van der Waals surface area contributed by atoms with Gasteiger partial charge in [0.1, 0.15) is 6.10 Å². The van der Waals surface area contributed by atoms with Crippen LogP contribution < -0.4 is 4.74 Å². The van der Waals surface area contributed by atoms with Crippen molar-refractivity contribution in [3.8, 4) is 5.88 Å². The van der Waals surface area contributed by atoms with Gasteiger partial charge in [-0.3, -0.25) is 4.79 Å². The van der Waals surface area contributed by atoms with E-state index in [1.165, 1.54) is 7.11 Å². The quantitative estimate of drug-likeness (QED) is 0.805. The fraction of sp³-hybridized carbons (Fsp3) is 0.538. The lowest BCUT2D eigenvalue weighted by molar-refractivity contribution is -0.147. The van der Waals surface area contributed by atoms with Crippen LogP contribution in [0.4, 0.5) is 0 Å². The van der Waals surface area contributed by atoms with Crippen molar-refractivity contribution in [1.29, 1.82) is 0 Å². The minimum Gasteiger partial charge on any atom is -0.474 e. The zero-order valence-corrected chi connectivity index (χ0v) is 11.9. The van der Waals surface area contributed by atoms with Crippen LogP contribution in [-0.4, -0.2) is 24.2 Å². The van der Waals surface area contributed by atoms with E-state index in [2.05, 4.69) is 20.9 Å². The molecule has 1 aromatic rings. The highest BCUT2D eigenvalue weighted by Crippen LogP contribution is 2.28. The highest BCUT2D eigenvalue weighted by molar-refractivity contribution is 9.10. The molecule has 18 heavy (non-hydrogen) atoms. The van der Waals surface area contributed by atoms with Crippen molar-refractivity contribution in [3.05, 3.63) is 22.8 Å². The van der Waals surface area contributed by atoms with Gasteiger partial charge in [-0.05, 0) is 47.7 Å². The largest absolute Gasteiger partial charge is 0.474 e. The molecule has 0 saturated heterocycles. The first-order valence-corrected chi connectivity index (χ1v) is 6.84. The molecule has 0 bridgehead atoms. The van der Waals surface area contributed by atoms with Crippen LogP contribution in [0.15, 0.2) is 22.8 Å². The zero-order chi connectivity index (χ0) is 13.0. The number of hydrogen-bond acceptors (Lipinski definition) is 4. The Morgan fingerprint density at radius 1 is 1.33 bits per heavy atom. The normalized spacial score (nSPS) is 23.4. The van der Waals surface area contributed by atoms with Gasteiger partial charge in [0, 0.05) is 16.7 Å². The number of pyridine rings is 1. The van der Waals surface area contributed by atoms with Gasteiger partial charge in [0.25, 0.3) is 0 Å². The number of esters is 1. The van der Waals surface area contributed by atoms with Crippen LogP contribution >= 0.6 is 15.9 Å². The molecule has 1 fully saturated rings. The van der Waals surface area contributed by atoms with E-state index in [1.54, 1.807) is 6.20 Å². The minimum atomic E-state index is -0.102. The summed E-state index contributed by atoms with van der Waals surface area (Å²) >= 11 is 3.33. The summed E-state index contributed by atoms with van der Waals surface area (Å²) in [5, 5.41) is 0. The third-order valence-electron chi connectivity index (χ3n) is 3.20. The summed E-state index contributed by atoms with van der Waals surface area (Å²) in [6.07, 6.45) is 5.27. The fourth-order valence-electron chi connectivity index (χ4n) is 2.19. The molecule has 1 aliphatic rings. The topological polar surface area (TPSA) is 48.4 Å². The molecular formula is C13H16BrNO3. The van der Waals surface area contributed by atoms with E-state index in [0.717, 1.165) is 30.2 Å². The van der Waals surface area contributed by atoms with Gasteiger partial charge >= 0.3 is 5.97 Å². The van der Waals surface area contributed by atoms with Crippen LogP contribution in [-0.2, 0) is 9.53 Å². The predicted molar refractivity (Wildman–Crippen MR) is 70.3 cm³/mol. The van der Waals surface area contributed by atoms with E-state index < -0.39 is 0 Å². The van der Waals surface area contributed by atoms with Crippen molar-refractivity contribution in [2.45, 2.75) is 31.8 Å². The minimum absolute atomic E-state index is 0.0349. The molecule has 5 heteroatoms. The van der Waals surface area contributed by atoms with Crippen molar-refractivity contribution < 1.29 is 14.3 Å². The second-order valence-corrected chi connectivity index (χ2v) is 5.34. The molecule has 0 spiro atoms. The molecule has 0 unspecified atom stereocenters. The van der Waals surface area contributed by atoms with E-state index in [4.69, 9.17) is 9.47 Å². The zero-order valence-electron chi connectivity index (χ0n) is 10.3. The average molecular weight is 314 g/mol. The van der Waals surface area contributed by atoms with Crippen molar-refractivity contribution >= 4 is 21.9 Å². The van der Waals surface area contributed by atoms with E-state index in [-0.39, 0.29) is 18.0 Å². The maximum Gasteiger partial charge on any atom is 0.308 e. The number of methoxy groups -OCH3 is 1. The van der Waals surface area contributed by atoms with E-state index in [9.17, 15) is 4.79 Å². The number of hydrogen-bond donors (Lipinski definition) is 0. The van der Waals surface area contributed by atoms with Gasteiger partial charge in [0.2, 0.25) is 5.88 Å². The maximum atomic E-state index is 11.4. The lowest BCUT2D eigenvalue weighted by Gasteiger charge is -2.27. The lowest BCUT2D eigenvalue weighted by Crippen LogP contribution is -2.28. The van der Waals surface area contributed by atoms with E-state index >= 15 is 0 Å². The molecule has 1 aliphatic carbocycles. The summed E-state index contributed by atoms with van der Waals surface area (Å²) in [6.45, 7) is 0. The first-order chi connectivity index (χ1) is 8.69. The Balaban J connectivity index is 1.83. The molecule has 0 aliphatic heterocycles. The second-order valence-electron chi connectivity index (χ2n) is 4.43. The number of nitrogens with zero attached hydrogens (tertiary/aromatic N) is 1. The third kappa shape index (κ3) is 3.45. The molecule has 0 radical (unpaired) electrons. The van der Waals surface area contributed by atoms with Crippen LogP contribution in [0.2, 0.25) is 0 Å². The number of carbonyl (C=O) groups excluding carboxylic acids is 1. The molecule has 0 aromatic carbocycles. The number of halogens is 1. The number of ether oxygens (including phenoxy) is 2. The highest BCUT2D eigenvalue weighted by Gasteiger charge is 2.27. The van der Waals surface area contributed by atoms with Crippen molar-refractivity contribution in [3.63, 3.8) is 0 Å². The Labute approximate surface area is 115 Å². The third-order valence-corrected chi connectivity index (χ3v) is 3.67. The van der Waals surface area contributed by atoms with E-state index in [0.29, 0.717) is 5.88 Å². The monoisotopic (exact) mass is 313 g/mol. The maximum absolute atomic E-state index is 11.4. The molecule has 98 valence electrons. The highest BCUT2D eigenvalue weighted by atomic mass is 79.9. The van der Waals surface area contributed by atoms with Crippen LogP contribution in [0.3, 0.4) is 0 Å². The molecule has 1 heterocycles. The van der Waals surface area contributed by atoms with Crippen molar-refractivity contribution in [2.24, 2.45) is 5.92 Å². The first-order valence-electron chi connectivity index (χ1n) is 6.05. The summed E-state index contributed by atoms with van der Waals surface area (Å²) in [6, 6.07) is 3.75. The summed E-state index contributed by atoms with van der Waals surface area (Å²) in [4.78, 5) is 15.6. The average Bonchev–Trinajstić information content (AvgIpc) is 2.41. The Morgan fingerprint density at radius 3 is 2.61 bits per heavy atom. The molecule has 4 nitrogen and oxygen atoms in total. The van der Waals surface area contributed by atoms with Crippen LogP contribution in [0.1, 0.15) is 25.7 Å². The SMILES string of the molecule is COC(=O)[C@H]1CC[C@@H](Oc2ccc(Br)cn2)CC1. The smallest absolute Gasteiger partial charge is 0.308 e. The Kier molecular flexibility index (Phi) is 4.58. The van der Waals surface area contributed by atoms with Gasteiger partial charge in [-0.15, -0.1) is 0 Å². The summed E-state index contributed by atoms with van der Waals surface area (Å²) in [5.41, 5.74) is 0. The predicted octanol–water partition coefficient (Wildman–Crippen LogP) is 2.95. The summed E-state index contributed by atoms with van der Waals surface area (Å²) < 4.78 is 11.5. The Hall–Kier alpha value is -1.10. The van der Waals surface area contributed by atoms with Gasteiger partial charge in [0.05, 0.1) is 13.0 Å². The molecule has 0 amide bonds. The van der Waals surface area contributed by atoms with E-state index in [1.807, 2.05) is 12.1 Å². The molecule has 0 N–H and O–H groups in total. The summed E-state index contributed by atoms with van der Waals surface area (Å²) in [5.74, 6) is 0.572. The first kappa shape index (κ1) is 13.3. The summed E-state index contributed by atoms with van der Waals surface area (Å²) in [7, 11) is 1.44. The van der Waals surface area contributed by atoms with Crippen LogP contribution in [0.25, 0.3) is 0 Å². The van der Waals surface area contributed by atoms with Gasteiger partial charge < -0.3 is 9.47 Å². The van der Waals surface area contributed by atoms with Crippen molar-refractivity contribution in [1.82, 2.24) is 4.98 Å². The number of rotatable bonds is 3. The van der Waals surface area contributed by atoms with Gasteiger partial charge in [-0.25, -0.2) is 4.98 Å². The van der Waals surface area contributed by atoms with Gasteiger partial charge in [0.15, 0.2) is 0 Å². The molecule has 1 saturated carbocycles. The van der Waals surface area contributed by atoms with Gasteiger partial charge in [-0.2, -0.15) is 0 Å². The molecule has 2 rings (SSSR count). The fourth-order valence-corrected chi connectivity index (χ4v) is 2.42. The molecule has 1 aromatic heterocycles. The standard InChI is InChI=1S/C13H16BrNO3/c1-17-13(16)9-2-5-11(6-3-9)18-12-7-4-10(14)8-15-12/h4,7-9,11H,2-3,5-6H2,1H3/t9-,11+. The molecular weight excluding hydrogens is 298 g/mol. The Bertz CT molecular complexity index is 399. The number of carbonyl (C=O) groups is 1. The number of aromatic nitrogens is 1. The Morgan fingerprint density at radius 2 is 2.06 bits per heavy atom. The van der Waals surface area contributed by atoms with Crippen LogP contribution in [0, 0.1) is 5.92 Å². The second kappa shape index (κ2) is 6.18. The van der Waals surface area contributed by atoms with Crippen LogP contribution in [0.5, 0.6) is 5.88 Å².